The number of fused-ring (bicyclic) bond motifs is 3. The number of ether oxygens (including phenoxy) is 1. The van der Waals surface area contributed by atoms with Gasteiger partial charge in [-0.2, -0.15) is 0 Å². The van der Waals surface area contributed by atoms with E-state index in [9.17, 15) is 13.6 Å². The molecule has 3 aliphatic heterocycles. The maximum Gasteiger partial charge on any atom is 0.311 e. The van der Waals surface area contributed by atoms with Gasteiger partial charge in [-0.25, -0.2) is 13.8 Å². The molecule has 3 fully saturated rings. The van der Waals surface area contributed by atoms with Gasteiger partial charge >= 0.3 is 11.9 Å². The molecule has 0 radical (unpaired) electrons. The predicted octanol–water partition coefficient (Wildman–Crippen LogP) is 2.57. The summed E-state index contributed by atoms with van der Waals surface area (Å²) in [6, 6.07) is 3.19. The van der Waals surface area contributed by atoms with Crippen LogP contribution in [0.2, 0.25) is 0 Å². The van der Waals surface area contributed by atoms with Crippen molar-refractivity contribution in [3.8, 4) is 11.7 Å². The van der Waals surface area contributed by atoms with Crippen LogP contribution in [0.25, 0.3) is 0 Å². The minimum absolute atomic E-state index is 0.0550. The number of amides is 1. The summed E-state index contributed by atoms with van der Waals surface area (Å²) in [5.74, 6) is -2.04. The maximum absolute atomic E-state index is 13.2. The van der Waals surface area contributed by atoms with Gasteiger partial charge in [-0.3, -0.25) is 4.79 Å². The number of halogens is 2. The fraction of sp³-hybridized carbons (Fsp3) is 0.412. The zero-order valence-electron chi connectivity index (χ0n) is 13.4. The average Bonchev–Trinajstić information content (AvgIpc) is 3.08. The highest BCUT2D eigenvalue weighted by atomic mass is 19.2. The number of hydrogen-bond donors (Lipinski definition) is 1. The van der Waals surface area contributed by atoms with Gasteiger partial charge in [0.1, 0.15) is 11.9 Å². The fourth-order valence-corrected chi connectivity index (χ4v) is 3.43. The van der Waals surface area contributed by atoms with Crippen LogP contribution in [0.1, 0.15) is 23.5 Å². The van der Waals surface area contributed by atoms with Crippen LogP contribution in [0.5, 0.6) is 11.7 Å². The minimum atomic E-state index is -1.03. The number of nitrogens with zero attached hydrogens (tertiary/aromatic N) is 2. The molecule has 0 saturated carbocycles. The molecule has 2 bridgehead atoms. The summed E-state index contributed by atoms with van der Waals surface area (Å²) in [4.78, 5) is 18.5. The van der Waals surface area contributed by atoms with Crippen molar-refractivity contribution in [3.63, 3.8) is 0 Å². The molecule has 1 atom stereocenters. The third-order valence-corrected chi connectivity index (χ3v) is 4.76. The standard InChI is InChI=1S/C17H17F2N3O3/c18-12-2-1-11(7-13(12)19)24-15-8-20-17(25-15)16(23)21-14-9-22-5-3-10(14)4-6-22/h1-2,7-8,10,14H,3-6,9H2,(H,21,23). The lowest BCUT2D eigenvalue weighted by Gasteiger charge is -2.44. The smallest absolute Gasteiger partial charge is 0.311 e. The number of aromatic nitrogens is 1. The van der Waals surface area contributed by atoms with Crippen LogP contribution >= 0.6 is 0 Å². The van der Waals surface area contributed by atoms with Crippen molar-refractivity contribution in [1.29, 1.82) is 0 Å². The first-order chi connectivity index (χ1) is 12.1. The topological polar surface area (TPSA) is 67.6 Å². The second-order valence-electron chi connectivity index (χ2n) is 6.38. The SMILES string of the molecule is O=C(NC1CN2CCC1CC2)c1ncc(Oc2ccc(F)c(F)c2)o1. The first-order valence-electron chi connectivity index (χ1n) is 8.20. The molecule has 3 saturated heterocycles. The lowest BCUT2D eigenvalue weighted by Crippen LogP contribution is -2.57. The summed E-state index contributed by atoms with van der Waals surface area (Å²) < 4.78 is 36.6. The third-order valence-electron chi connectivity index (χ3n) is 4.76. The summed E-state index contributed by atoms with van der Waals surface area (Å²) in [6.45, 7) is 3.01. The van der Waals surface area contributed by atoms with Crippen molar-refractivity contribution < 1.29 is 22.7 Å². The predicted molar refractivity (Wildman–Crippen MR) is 83.4 cm³/mol. The lowest BCUT2D eigenvalue weighted by molar-refractivity contribution is 0.0599. The third kappa shape index (κ3) is 3.34. The Morgan fingerprint density at radius 1 is 1.28 bits per heavy atom. The number of carbonyl (C=O) groups is 1. The van der Waals surface area contributed by atoms with E-state index in [1.54, 1.807) is 0 Å². The normalized spacial score (nSPS) is 25.0. The highest BCUT2D eigenvalue weighted by Crippen LogP contribution is 2.28. The Labute approximate surface area is 142 Å². The van der Waals surface area contributed by atoms with Crippen molar-refractivity contribution in [1.82, 2.24) is 15.2 Å². The quantitative estimate of drug-likeness (QED) is 0.919. The highest BCUT2D eigenvalue weighted by Gasteiger charge is 2.35. The Balaban J connectivity index is 1.40. The second-order valence-corrected chi connectivity index (χ2v) is 6.38. The maximum atomic E-state index is 13.2. The zero-order valence-corrected chi connectivity index (χ0v) is 13.4. The minimum Gasteiger partial charge on any atom is -0.425 e. The van der Waals surface area contributed by atoms with Crippen LogP contribution < -0.4 is 10.1 Å². The zero-order chi connectivity index (χ0) is 17.4. The van der Waals surface area contributed by atoms with Crippen LogP contribution in [0.3, 0.4) is 0 Å². The molecule has 6 nitrogen and oxygen atoms in total. The molecule has 0 aliphatic carbocycles. The van der Waals surface area contributed by atoms with E-state index in [0.717, 1.165) is 44.6 Å². The van der Waals surface area contributed by atoms with Gasteiger partial charge in [0, 0.05) is 18.7 Å². The summed E-state index contributed by atoms with van der Waals surface area (Å²) in [5, 5.41) is 2.96. The molecule has 1 unspecified atom stereocenters. The molecule has 25 heavy (non-hydrogen) atoms. The number of benzene rings is 1. The van der Waals surface area contributed by atoms with E-state index in [-0.39, 0.29) is 23.6 Å². The van der Waals surface area contributed by atoms with Crippen molar-refractivity contribution in [2.75, 3.05) is 19.6 Å². The molecule has 1 aromatic carbocycles. The van der Waals surface area contributed by atoms with Gasteiger partial charge in [0.15, 0.2) is 11.6 Å². The van der Waals surface area contributed by atoms with Gasteiger partial charge in [0.05, 0.1) is 0 Å². The van der Waals surface area contributed by atoms with Crippen molar-refractivity contribution in [2.24, 2.45) is 5.92 Å². The Bertz CT molecular complexity index is 787. The highest BCUT2D eigenvalue weighted by molar-refractivity contribution is 5.89. The molecule has 1 aromatic heterocycles. The van der Waals surface area contributed by atoms with Gasteiger partial charge < -0.3 is 19.4 Å². The lowest BCUT2D eigenvalue weighted by atomic mass is 9.84. The Morgan fingerprint density at radius 3 is 2.76 bits per heavy atom. The summed E-state index contributed by atoms with van der Waals surface area (Å²) in [7, 11) is 0. The van der Waals surface area contributed by atoms with Gasteiger partial charge in [0.25, 0.3) is 5.89 Å². The van der Waals surface area contributed by atoms with E-state index in [1.165, 1.54) is 12.3 Å². The van der Waals surface area contributed by atoms with Gasteiger partial charge in [-0.05, 0) is 44.0 Å². The number of rotatable bonds is 4. The first kappa shape index (κ1) is 16.0. The monoisotopic (exact) mass is 349 g/mol. The van der Waals surface area contributed by atoms with Gasteiger partial charge in [0.2, 0.25) is 0 Å². The number of carbonyl (C=O) groups excluding carboxylic acids is 1. The van der Waals surface area contributed by atoms with Gasteiger partial charge in [-0.15, -0.1) is 0 Å². The number of oxazole rings is 1. The summed E-state index contributed by atoms with van der Waals surface area (Å²) in [6.07, 6.45) is 3.40. The van der Waals surface area contributed by atoms with E-state index in [0.29, 0.717) is 5.92 Å². The fourth-order valence-electron chi connectivity index (χ4n) is 3.43. The molecular formula is C17H17F2N3O3. The number of piperidine rings is 3. The molecule has 8 heteroatoms. The molecule has 1 N–H and O–H groups in total. The Morgan fingerprint density at radius 2 is 2.08 bits per heavy atom. The van der Waals surface area contributed by atoms with Gasteiger partial charge in [-0.1, -0.05) is 0 Å². The van der Waals surface area contributed by atoms with Crippen LogP contribution in [0.4, 0.5) is 8.78 Å². The van der Waals surface area contributed by atoms with Crippen LogP contribution in [-0.2, 0) is 0 Å². The molecule has 3 aliphatic rings. The molecular weight excluding hydrogens is 332 g/mol. The molecule has 0 spiro atoms. The molecule has 2 aromatic rings. The molecule has 4 heterocycles. The second kappa shape index (κ2) is 6.44. The largest absolute Gasteiger partial charge is 0.425 e. The van der Waals surface area contributed by atoms with Crippen LogP contribution in [0, 0.1) is 17.6 Å². The van der Waals surface area contributed by atoms with E-state index in [4.69, 9.17) is 9.15 Å². The van der Waals surface area contributed by atoms with Crippen LogP contribution in [-0.4, -0.2) is 41.5 Å². The van der Waals surface area contributed by atoms with Crippen molar-refractivity contribution >= 4 is 5.91 Å². The van der Waals surface area contributed by atoms with E-state index in [1.807, 2.05) is 0 Å². The molecule has 5 rings (SSSR count). The van der Waals surface area contributed by atoms with Crippen molar-refractivity contribution in [2.45, 2.75) is 18.9 Å². The van der Waals surface area contributed by atoms with Crippen molar-refractivity contribution in [3.05, 3.63) is 41.9 Å². The van der Waals surface area contributed by atoms with E-state index < -0.39 is 17.5 Å². The Hall–Kier alpha value is -2.48. The summed E-state index contributed by atoms with van der Waals surface area (Å²) in [5.41, 5.74) is 0. The van der Waals surface area contributed by atoms with E-state index in [2.05, 4.69) is 15.2 Å². The molecule has 1 amide bonds. The number of hydrogen-bond acceptors (Lipinski definition) is 5. The first-order valence-corrected chi connectivity index (χ1v) is 8.20. The molecule has 132 valence electrons. The van der Waals surface area contributed by atoms with Crippen LogP contribution in [0.15, 0.2) is 28.8 Å². The average molecular weight is 349 g/mol. The number of nitrogens with one attached hydrogen (secondary N) is 1. The van der Waals surface area contributed by atoms with E-state index >= 15 is 0 Å². The Kier molecular flexibility index (Phi) is 4.12. The summed E-state index contributed by atoms with van der Waals surface area (Å²) >= 11 is 0.